The van der Waals surface area contributed by atoms with Gasteiger partial charge in [-0.05, 0) is 25.7 Å². The van der Waals surface area contributed by atoms with Crippen molar-refractivity contribution in [2.75, 3.05) is 65.5 Å². The van der Waals surface area contributed by atoms with Crippen LogP contribution < -0.4 is 5.32 Å². The Morgan fingerprint density at radius 3 is 2.15 bits per heavy atom. The number of nitrogens with zero attached hydrogens (tertiary/aromatic N) is 3. The second kappa shape index (κ2) is 12.0. The zero-order chi connectivity index (χ0) is 16.8. The molecule has 0 bridgehead atoms. The summed E-state index contributed by atoms with van der Waals surface area (Å²) in [5.74, 6) is 0.393. The summed E-state index contributed by atoms with van der Waals surface area (Å²) in [6, 6.07) is 0. The maximum atomic E-state index is 12.2. The van der Waals surface area contributed by atoms with Crippen molar-refractivity contribution in [3.63, 3.8) is 0 Å². The van der Waals surface area contributed by atoms with Gasteiger partial charge in [0, 0.05) is 52.4 Å². The fraction of sp³-hybridized carbons (Fsp3) is 0.882. The van der Waals surface area contributed by atoms with Gasteiger partial charge in [-0.1, -0.05) is 0 Å². The summed E-state index contributed by atoms with van der Waals surface area (Å²) in [5.41, 5.74) is 0. The maximum Gasteiger partial charge on any atom is 0.236 e. The molecule has 0 radical (unpaired) electrons. The number of ether oxygens (including phenoxy) is 1. The van der Waals surface area contributed by atoms with Crippen LogP contribution in [0, 0.1) is 0 Å². The quantitative estimate of drug-likeness (QED) is 0.684. The molecule has 2 amide bonds. The third-order valence-electron chi connectivity index (χ3n) is 5.21. The maximum absolute atomic E-state index is 12.2. The minimum atomic E-state index is 0. The number of likely N-dealkylation sites (tertiary alicyclic amines) is 1. The van der Waals surface area contributed by atoms with Crippen molar-refractivity contribution < 1.29 is 14.3 Å². The van der Waals surface area contributed by atoms with Gasteiger partial charge in [0.1, 0.15) is 0 Å². The van der Waals surface area contributed by atoms with E-state index in [1.54, 1.807) is 0 Å². The monoisotopic (exact) mass is 410 g/mol. The molecule has 3 aliphatic heterocycles. The highest BCUT2D eigenvalue weighted by molar-refractivity contribution is 5.85. The highest BCUT2D eigenvalue weighted by Gasteiger charge is 2.25. The Hall–Kier alpha value is -0.600. The van der Waals surface area contributed by atoms with Crippen molar-refractivity contribution >= 4 is 36.6 Å². The van der Waals surface area contributed by atoms with Crippen LogP contribution in [-0.4, -0.2) is 98.1 Å². The van der Waals surface area contributed by atoms with Gasteiger partial charge in [-0.15, -0.1) is 24.8 Å². The first-order valence-electron chi connectivity index (χ1n) is 9.32. The smallest absolute Gasteiger partial charge is 0.236 e. The van der Waals surface area contributed by atoms with E-state index < -0.39 is 0 Å². The first kappa shape index (κ1) is 23.4. The van der Waals surface area contributed by atoms with Gasteiger partial charge in [-0.2, -0.15) is 0 Å². The van der Waals surface area contributed by atoms with Gasteiger partial charge in [0.15, 0.2) is 0 Å². The molecule has 1 N–H and O–H groups in total. The summed E-state index contributed by atoms with van der Waals surface area (Å²) < 4.78 is 5.54. The largest absolute Gasteiger partial charge is 0.377 e. The lowest BCUT2D eigenvalue weighted by Crippen LogP contribution is -2.53. The Labute approximate surface area is 168 Å². The van der Waals surface area contributed by atoms with Gasteiger partial charge in [-0.3, -0.25) is 14.5 Å². The number of carbonyl (C=O) groups excluding carboxylic acids is 2. The molecular formula is C17H32Cl2N4O3. The van der Waals surface area contributed by atoms with E-state index in [-0.39, 0.29) is 42.7 Å². The molecule has 1 unspecified atom stereocenters. The number of amides is 2. The molecule has 0 aliphatic carbocycles. The van der Waals surface area contributed by atoms with E-state index >= 15 is 0 Å². The summed E-state index contributed by atoms with van der Waals surface area (Å²) in [7, 11) is 0. The van der Waals surface area contributed by atoms with Crippen LogP contribution in [0.15, 0.2) is 0 Å². The molecule has 0 saturated carbocycles. The van der Waals surface area contributed by atoms with Crippen LogP contribution in [0.5, 0.6) is 0 Å². The Balaban J connectivity index is 0.00000169. The normalized spacial score (nSPS) is 23.5. The number of hydrogen-bond acceptors (Lipinski definition) is 5. The van der Waals surface area contributed by atoms with E-state index in [0.717, 1.165) is 65.0 Å². The Kier molecular flexibility index (Phi) is 10.8. The predicted octanol–water partition coefficient (Wildman–Crippen LogP) is 0.365. The highest BCUT2D eigenvalue weighted by Crippen LogP contribution is 2.11. The first-order chi connectivity index (χ1) is 11.7. The van der Waals surface area contributed by atoms with Crippen LogP contribution in [0.3, 0.4) is 0 Å². The van der Waals surface area contributed by atoms with Crippen LogP contribution in [0.1, 0.15) is 25.7 Å². The van der Waals surface area contributed by atoms with Gasteiger partial charge in [0.2, 0.25) is 11.8 Å². The molecule has 7 nitrogen and oxygen atoms in total. The Morgan fingerprint density at radius 1 is 0.885 bits per heavy atom. The molecular weight excluding hydrogens is 379 g/mol. The van der Waals surface area contributed by atoms with E-state index in [9.17, 15) is 9.59 Å². The van der Waals surface area contributed by atoms with Crippen LogP contribution in [-0.2, 0) is 14.3 Å². The fourth-order valence-corrected chi connectivity index (χ4v) is 3.67. The summed E-state index contributed by atoms with van der Waals surface area (Å²) in [4.78, 5) is 30.5. The van der Waals surface area contributed by atoms with Gasteiger partial charge < -0.3 is 19.9 Å². The van der Waals surface area contributed by atoms with Gasteiger partial charge >= 0.3 is 0 Å². The Morgan fingerprint density at radius 2 is 1.54 bits per heavy atom. The van der Waals surface area contributed by atoms with Crippen molar-refractivity contribution in [2.45, 2.75) is 31.8 Å². The van der Waals surface area contributed by atoms with Crippen molar-refractivity contribution in [2.24, 2.45) is 0 Å². The van der Waals surface area contributed by atoms with Crippen molar-refractivity contribution in [1.82, 2.24) is 20.0 Å². The fourth-order valence-electron chi connectivity index (χ4n) is 3.67. The molecule has 3 aliphatic rings. The average molecular weight is 411 g/mol. The van der Waals surface area contributed by atoms with Crippen molar-refractivity contribution in [1.29, 1.82) is 0 Å². The summed E-state index contributed by atoms with van der Waals surface area (Å²) in [6.07, 6.45) is 4.75. The van der Waals surface area contributed by atoms with Crippen molar-refractivity contribution in [3.8, 4) is 0 Å². The van der Waals surface area contributed by atoms with Gasteiger partial charge in [0.05, 0.1) is 19.2 Å². The Bertz CT molecular complexity index is 436. The molecule has 1 atom stereocenters. The summed E-state index contributed by atoms with van der Waals surface area (Å²) in [5, 5.41) is 3.21. The molecule has 3 saturated heterocycles. The zero-order valence-corrected chi connectivity index (χ0v) is 17.0. The second-order valence-electron chi connectivity index (χ2n) is 7.01. The number of nitrogens with one attached hydrogen (secondary N) is 1. The van der Waals surface area contributed by atoms with E-state index in [0.29, 0.717) is 26.2 Å². The molecule has 0 aromatic heterocycles. The molecule has 9 heteroatoms. The number of halogens is 2. The third kappa shape index (κ3) is 6.85. The molecule has 0 aromatic carbocycles. The van der Waals surface area contributed by atoms with Crippen LogP contribution in [0.4, 0.5) is 0 Å². The third-order valence-corrected chi connectivity index (χ3v) is 5.21. The predicted molar refractivity (Wildman–Crippen MR) is 105 cm³/mol. The molecule has 0 aromatic rings. The highest BCUT2D eigenvalue weighted by atomic mass is 35.5. The van der Waals surface area contributed by atoms with E-state index in [2.05, 4.69) is 10.2 Å². The first-order valence-corrected chi connectivity index (χ1v) is 9.32. The lowest BCUT2D eigenvalue weighted by molar-refractivity contribution is -0.134. The van der Waals surface area contributed by atoms with Crippen LogP contribution in [0.25, 0.3) is 0 Å². The number of piperazine rings is 1. The number of carbonyl (C=O) groups is 2. The molecule has 152 valence electrons. The van der Waals surface area contributed by atoms with Crippen LogP contribution >= 0.6 is 24.8 Å². The SMILES string of the molecule is Cl.Cl.O=C(CNCC1CCCO1)N1CCN(CC(=O)N2CCCC2)CC1. The lowest BCUT2D eigenvalue weighted by atomic mass is 10.2. The summed E-state index contributed by atoms with van der Waals surface area (Å²) >= 11 is 0. The number of rotatable bonds is 6. The second-order valence-corrected chi connectivity index (χ2v) is 7.01. The zero-order valence-electron chi connectivity index (χ0n) is 15.4. The van der Waals surface area contributed by atoms with Crippen LogP contribution in [0.2, 0.25) is 0 Å². The van der Waals surface area contributed by atoms with Gasteiger partial charge in [-0.25, -0.2) is 0 Å². The van der Waals surface area contributed by atoms with Crippen molar-refractivity contribution in [3.05, 3.63) is 0 Å². The lowest BCUT2D eigenvalue weighted by Gasteiger charge is -2.35. The molecule has 3 heterocycles. The minimum Gasteiger partial charge on any atom is -0.377 e. The van der Waals surface area contributed by atoms with E-state index in [1.165, 1.54) is 0 Å². The molecule has 3 fully saturated rings. The molecule has 3 rings (SSSR count). The van der Waals surface area contributed by atoms with E-state index in [4.69, 9.17) is 4.74 Å². The number of hydrogen-bond donors (Lipinski definition) is 1. The summed E-state index contributed by atoms with van der Waals surface area (Å²) in [6.45, 7) is 7.32. The van der Waals surface area contributed by atoms with Gasteiger partial charge in [0.25, 0.3) is 0 Å². The molecule has 26 heavy (non-hydrogen) atoms. The topological polar surface area (TPSA) is 65.1 Å². The molecule has 0 spiro atoms. The van der Waals surface area contributed by atoms with E-state index in [1.807, 2.05) is 9.80 Å². The minimum absolute atomic E-state index is 0. The standard InChI is InChI=1S/C17H30N4O3.2ClH/c22-16(13-18-12-15-4-3-11-24-15)21-9-7-19(8-10-21)14-17(23)20-5-1-2-6-20;;/h15,18H,1-14H2;2*1H. The average Bonchev–Trinajstić information content (AvgIpc) is 3.29.